The van der Waals surface area contributed by atoms with Crippen LogP contribution in [-0.2, 0) is 9.53 Å². The molecule has 6 nitrogen and oxygen atoms in total. The maximum Gasteiger partial charge on any atom is 0.410 e. The van der Waals surface area contributed by atoms with Gasteiger partial charge in [0.25, 0.3) is 0 Å². The molecule has 3 aliphatic rings. The van der Waals surface area contributed by atoms with Gasteiger partial charge in [-0.3, -0.25) is 9.69 Å². The highest BCUT2D eigenvalue weighted by atomic mass is 35.5. The van der Waals surface area contributed by atoms with E-state index in [1.165, 1.54) is 7.11 Å². The zero-order valence-corrected chi connectivity index (χ0v) is 13.9. The second-order valence-corrected chi connectivity index (χ2v) is 6.59. The fourth-order valence-electron chi connectivity index (χ4n) is 4.18. The van der Waals surface area contributed by atoms with Gasteiger partial charge in [0, 0.05) is 25.7 Å². The van der Waals surface area contributed by atoms with E-state index in [0.29, 0.717) is 18.4 Å². The number of hydrogen-bond donors (Lipinski definition) is 1. The number of piperidine rings is 2. The van der Waals surface area contributed by atoms with Crippen LogP contribution in [0.25, 0.3) is 0 Å². The maximum absolute atomic E-state index is 12.8. The Morgan fingerprint density at radius 1 is 1.09 bits per heavy atom. The molecule has 2 unspecified atom stereocenters. The van der Waals surface area contributed by atoms with E-state index in [1.54, 1.807) is 4.90 Å². The standard InChI is InChI=1S/C15H25N3O3.ClH/c1-21-15(20)18-7-3-2-4-12(18)14(19)17-8-10-5-6-11(9-17)13(10)16;/h10-13H,2-9,16H2,1H3;1H/t10-,11+,12?,13?;. The lowest BCUT2D eigenvalue weighted by molar-refractivity contribution is -0.140. The van der Waals surface area contributed by atoms with Crippen molar-refractivity contribution >= 4 is 24.4 Å². The minimum Gasteiger partial charge on any atom is -0.453 e. The number of rotatable bonds is 1. The maximum atomic E-state index is 12.8. The minimum absolute atomic E-state index is 0. The first-order valence-corrected chi connectivity index (χ1v) is 8.00. The van der Waals surface area contributed by atoms with Crippen LogP contribution in [0.3, 0.4) is 0 Å². The molecule has 2 amide bonds. The van der Waals surface area contributed by atoms with Crippen molar-refractivity contribution in [1.82, 2.24) is 9.80 Å². The number of ether oxygens (including phenoxy) is 1. The van der Waals surface area contributed by atoms with Crippen molar-refractivity contribution in [3.8, 4) is 0 Å². The number of likely N-dealkylation sites (tertiary alicyclic amines) is 2. The van der Waals surface area contributed by atoms with Gasteiger partial charge < -0.3 is 15.4 Å². The largest absolute Gasteiger partial charge is 0.453 e. The molecule has 1 aliphatic carbocycles. The van der Waals surface area contributed by atoms with Crippen LogP contribution < -0.4 is 5.73 Å². The van der Waals surface area contributed by atoms with E-state index < -0.39 is 0 Å². The summed E-state index contributed by atoms with van der Waals surface area (Å²) in [6.07, 6.45) is 4.54. The van der Waals surface area contributed by atoms with Gasteiger partial charge in [0.1, 0.15) is 6.04 Å². The van der Waals surface area contributed by atoms with Crippen LogP contribution in [0.2, 0.25) is 0 Å². The van der Waals surface area contributed by atoms with Crippen molar-refractivity contribution in [2.45, 2.75) is 44.2 Å². The normalized spacial score (nSPS) is 34.1. The van der Waals surface area contributed by atoms with Gasteiger partial charge in [-0.15, -0.1) is 12.4 Å². The lowest BCUT2D eigenvalue weighted by Crippen LogP contribution is -2.57. The second kappa shape index (κ2) is 7.04. The van der Waals surface area contributed by atoms with Gasteiger partial charge in [0.05, 0.1) is 7.11 Å². The van der Waals surface area contributed by atoms with Gasteiger partial charge in [0.15, 0.2) is 0 Å². The molecule has 0 aromatic heterocycles. The number of carbonyl (C=O) groups is 2. The molecule has 2 bridgehead atoms. The van der Waals surface area contributed by atoms with Gasteiger partial charge in [-0.25, -0.2) is 4.79 Å². The molecule has 1 saturated carbocycles. The third-order valence-corrected chi connectivity index (χ3v) is 5.42. The van der Waals surface area contributed by atoms with Crippen molar-refractivity contribution in [1.29, 1.82) is 0 Å². The van der Waals surface area contributed by atoms with Crippen molar-refractivity contribution in [2.24, 2.45) is 17.6 Å². The third kappa shape index (κ3) is 3.04. The Morgan fingerprint density at radius 3 is 2.32 bits per heavy atom. The first kappa shape index (κ1) is 17.3. The van der Waals surface area contributed by atoms with Gasteiger partial charge in [-0.05, 0) is 43.9 Å². The number of nitrogens with two attached hydrogens (primary N) is 1. The molecule has 22 heavy (non-hydrogen) atoms. The number of nitrogens with zero attached hydrogens (tertiary/aromatic N) is 2. The molecule has 4 atom stereocenters. The zero-order valence-electron chi connectivity index (χ0n) is 13.1. The van der Waals surface area contributed by atoms with Crippen molar-refractivity contribution < 1.29 is 14.3 Å². The summed E-state index contributed by atoms with van der Waals surface area (Å²) >= 11 is 0. The van der Waals surface area contributed by atoms with Crippen LogP contribution >= 0.6 is 12.4 Å². The van der Waals surface area contributed by atoms with Crippen LogP contribution in [0.4, 0.5) is 4.79 Å². The molecule has 0 aromatic rings. The van der Waals surface area contributed by atoms with Crippen molar-refractivity contribution in [2.75, 3.05) is 26.7 Å². The Balaban J connectivity index is 0.00000176. The third-order valence-electron chi connectivity index (χ3n) is 5.42. The SMILES string of the molecule is COC(=O)N1CCCCC1C(=O)N1C[C@H]2CC[C@@H](C1)C2N.Cl. The van der Waals surface area contributed by atoms with Crippen LogP contribution in [0.15, 0.2) is 0 Å². The molecule has 0 aromatic carbocycles. The van der Waals surface area contributed by atoms with Crippen LogP contribution in [0, 0.1) is 11.8 Å². The molecule has 2 N–H and O–H groups in total. The Bertz CT molecular complexity index is 420. The Hall–Kier alpha value is -1.01. The quantitative estimate of drug-likeness (QED) is 0.784. The predicted molar refractivity (Wildman–Crippen MR) is 84.8 cm³/mol. The Labute approximate surface area is 137 Å². The van der Waals surface area contributed by atoms with E-state index in [2.05, 4.69) is 0 Å². The molecule has 2 heterocycles. The van der Waals surface area contributed by atoms with Gasteiger partial charge >= 0.3 is 6.09 Å². The van der Waals surface area contributed by atoms with E-state index in [0.717, 1.165) is 45.2 Å². The Morgan fingerprint density at radius 2 is 1.73 bits per heavy atom. The molecule has 2 saturated heterocycles. The molecule has 3 rings (SSSR count). The van der Waals surface area contributed by atoms with E-state index in [4.69, 9.17) is 10.5 Å². The molecular weight excluding hydrogens is 306 g/mol. The number of methoxy groups -OCH3 is 1. The highest BCUT2D eigenvalue weighted by molar-refractivity contribution is 5.86. The summed E-state index contributed by atoms with van der Waals surface area (Å²) in [5.41, 5.74) is 6.20. The fraction of sp³-hybridized carbons (Fsp3) is 0.867. The van der Waals surface area contributed by atoms with E-state index in [1.807, 2.05) is 4.90 Å². The van der Waals surface area contributed by atoms with Crippen LogP contribution in [-0.4, -0.2) is 60.6 Å². The number of hydrogen-bond acceptors (Lipinski definition) is 4. The smallest absolute Gasteiger partial charge is 0.410 e. The minimum atomic E-state index is -0.385. The monoisotopic (exact) mass is 331 g/mol. The zero-order chi connectivity index (χ0) is 15.0. The molecule has 126 valence electrons. The lowest BCUT2D eigenvalue weighted by atomic mass is 9.92. The van der Waals surface area contributed by atoms with E-state index in [-0.39, 0.29) is 36.5 Å². The number of halogens is 1. The summed E-state index contributed by atoms with van der Waals surface area (Å²) in [5, 5.41) is 0. The second-order valence-electron chi connectivity index (χ2n) is 6.59. The molecule has 0 radical (unpaired) electrons. The molecule has 7 heteroatoms. The number of amides is 2. The van der Waals surface area contributed by atoms with Crippen molar-refractivity contribution in [3.63, 3.8) is 0 Å². The highest BCUT2D eigenvalue weighted by Crippen LogP contribution is 2.36. The van der Waals surface area contributed by atoms with Gasteiger partial charge in [-0.1, -0.05) is 0 Å². The summed E-state index contributed by atoms with van der Waals surface area (Å²) in [4.78, 5) is 28.3. The summed E-state index contributed by atoms with van der Waals surface area (Å²) < 4.78 is 4.83. The summed E-state index contributed by atoms with van der Waals surface area (Å²) in [7, 11) is 1.37. The highest BCUT2D eigenvalue weighted by Gasteiger charge is 2.44. The van der Waals surface area contributed by atoms with Crippen molar-refractivity contribution in [3.05, 3.63) is 0 Å². The average molecular weight is 332 g/mol. The summed E-state index contributed by atoms with van der Waals surface area (Å²) in [6.45, 7) is 2.12. The predicted octanol–water partition coefficient (Wildman–Crippen LogP) is 1.22. The molecule has 2 aliphatic heterocycles. The molecular formula is C15H26ClN3O3. The first-order chi connectivity index (χ1) is 10.1. The Kier molecular flexibility index (Phi) is 5.55. The van der Waals surface area contributed by atoms with E-state index in [9.17, 15) is 9.59 Å². The van der Waals surface area contributed by atoms with E-state index >= 15 is 0 Å². The lowest BCUT2D eigenvalue weighted by Gasteiger charge is -2.41. The summed E-state index contributed by atoms with van der Waals surface area (Å²) in [5.74, 6) is 0.953. The molecule has 3 fully saturated rings. The number of carbonyl (C=O) groups excluding carboxylic acids is 2. The number of fused-ring (bicyclic) bond motifs is 2. The summed E-state index contributed by atoms with van der Waals surface area (Å²) in [6, 6.07) is -0.1000. The fourth-order valence-corrected chi connectivity index (χ4v) is 4.18. The average Bonchev–Trinajstić information content (AvgIpc) is 2.75. The van der Waals surface area contributed by atoms with Gasteiger partial charge in [0.2, 0.25) is 5.91 Å². The first-order valence-electron chi connectivity index (χ1n) is 8.00. The van der Waals surface area contributed by atoms with Crippen LogP contribution in [0.5, 0.6) is 0 Å². The van der Waals surface area contributed by atoms with Gasteiger partial charge in [-0.2, -0.15) is 0 Å². The van der Waals surface area contributed by atoms with Crippen LogP contribution in [0.1, 0.15) is 32.1 Å². The topological polar surface area (TPSA) is 75.9 Å². The molecule has 0 spiro atoms.